The molecule has 1 amide bonds. The fraction of sp³-hybridized carbons (Fsp3) is 0.467. The number of carbonyl (C=O) groups is 1. The Morgan fingerprint density at radius 2 is 2.30 bits per heavy atom. The highest BCUT2D eigenvalue weighted by atomic mass is 16.6. The second kappa shape index (κ2) is 7.08. The molecule has 124 valence electrons. The predicted octanol–water partition coefficient (Wildman–Crippen LogP) is 2.50. The van der Waals surface area contributed by atoms with Crippen LogP contribution in [0.25, 0.3) is 0 Å². The van der Waals surface area contributed by atoms with Gasteiger partial charge in [-0.1, -0.05) is 0 Å². The Kier molecular flexibility index (Phi) is 5.15. The average molecular weight is 320 g/mol. The van der Waals surface area contributed by atoms with Gasteiger partial charge >= 0.3 is 5.69 Å². The van der Waals surface area contributed by atoms with E-state index in [0.29, 0.717) is 19.4 Å². The summed E-state index contributed by atoms with van der Waals surface area (Å²) in [5.74, 6) is 0.398. The molecule has 2 rings (SSSR count). The minimum atomic E-state index is -0.576. The first-order chi connectivity index (χ1) is 10.9. The van der Waals surface area contributed by atoms with Gasteiger partial charge in [0.2, 0.25) is 5.69 Å². The van der Waals surface area contributed by atoms with Crippen LogP contribution in [0.3, 0.4) is 0 Å². The van der Waals surface area contributed by atoms with E-state index in [0.717, 1.165) is 5.76 Å². The standard InChI is InChI=1S/C15H20N4O4/c1-4-18-10-13(19(21)22)14(16-18)15(20)17(3)11(2)7-8-12-6-5-9-23-12/h5-6,9-11H,4,7-8H2,1-3H3. The lowest BCUT2D eigenvalue weighted by atomic mass is 10.1. The second-order valence-corrected chi connectivity index (χ2v) is 5.36. The van der Waals surface area contributed by atoms with Gasteiger partial charge in [0.1, 0.15) is 12.0 Å². The van der Waals surface area contributed by atoms with Gasteiger partial charge in [-0.15, -0.1) is 0 Å². The van der Waals surface area contributed by atoms with Crippen LogP contribution in [0.15, 0.2) is 29.0 Å². The molecule has 0 bridgehead atoms. The molecule has 1 atom stereocenters. The largest absolute Gasteiger partial charge is 0.469 e. The summed E-state index contributed by atoms with van der Waals surface area (Å²) in [6.07, 6.45) is 4.28. The van der Waals surface area contributed by atoms with Gasteiger partial charge in [0.15, 0.2) is 0 Å². The third-order valence-corrected chi connectivity index (χ3v) is 3.84. The molecule has 0 radical (unpaired) electrons. The molecule has 0 spiro atoms. The predicted molar refractivity (Wildman–Crippen MR) is 83.1 cm³/mol. The summed E-state index contributed by atoms with van der Waals surface area (Å²) in [5, 5.41) is 15.1. The maximum Gasteiger partial charge on any atom is 0.320 e. The Bertz CT molecular complexity index is 678. The van der Waals surface area contributed by atoms with Gasteiger partial charge in [0, 0.05) is 26.1 Å². The average Bonchev–Trinajstić information content (AvgIpc) is 3.19. The normalized spacial score (nSPS) is 12.1. The zero-order chi connectivity index (χ0) is 17.0. The number of aromatic nitrogens is 2. The first-order valence-electron chi connectivity index (χ1n) is 7.45. The number of hydrogen-bond donors (Lipinski definition) is 0. The minimum Gasteiger partial charge on any atom is -0.469 e. The number of nitrogens with zero attached hydrogens (tertiary/aromatic N) is 4. The van der Waals surface area contributed by atoms with E-state index < -0.39 is 10.8 Å². The molecule has 0 fully saturated rings. The van der Waals surface area contributed by atoms with Crippen LogP contribution in [-0.4, -0.2) is 38.6 Å². The molecule has 8 heteroatoms. The maximum absolute atomic E-state index is 12.5. The van der Waals surface area contributed by atoms with E-state index in [2.05, 4.69) is 5.10 Å². The van der Waals surface area contributed by atoms with E-state index in [9.17, 15) is 14.9 Å². The SMILES string of the molecule is CCn1cc([N+](=O)[O-])c(C(=O)N(C)C(C)CCc2ccco2)n1. The van der Waals surface area contributed by atoms with Crippen molar-refractivity contribution in [3.63, 3.8) is 0 Å². The molecular weight excluding hydrogens is 300 g/mol. The zero-order valence-corrected chi connectivity index (χ0v) is 13.4. The number of rotatable bonds is 7. The van der Waals surface area contributed by atoms with Gasteiger partial charge in [-0.2, -0.15) is 5.10 Å². The first kappa shape index (κ1) is 16.7. The van der Waals surface area contributed by atoms with Crippen molar-refractivity contribution in [2.45, 2.75) is 39.3 Å². The third kappa shape index (κ3) is 3.77. The molecular formula is C15H20N4O4. The molecule has 2 aromatic rings. The van der Waals surface area contributed by atoms with Crippen molar-refractivity contribution >= 4 is 11.6 Å². The van der Waals surface area contributed by atoms with E-state index in [1.54, 1.807) is 20.2 Å². The maximum atomic E-state index is 12.5. The van der Waals surface area contributed by atoms with Gasteiger partial charge in [-0.25, -0.2) is 0 Å². The molecule has 0 aromatic carbocycles. The lowest BCUT2D eigenvalue weighted by molar-refractivity contribution is -0.385. The topological polar surface area (TPSA) is 94.4 Å². The highest BCUT2D eigenvalue weighted by Gasteiger charge is 2.29. The van der Waals surface area contributed by atoms with E-state index in [1.807, 2.05) is 19.1 Å². The molecule has 0 saturated heterocycles. The van der Waals surface area contributed by atoms with Crippen molar-refractivity contribution in [3.05, 3.63) is 46.2 Å². The molecule has 0 saturated carbocycles. The van der Waals surface area contributed by atoms with Gasteiger partial charge < -0.3 is 9.32 Å². The van der Waals surface area contributed by atoms with Crippen molar-refractivity contribution < 1.29 is 14.1 Å². The number of nitro groups is 1. The number of carbonyl (C=O) groups excluding carboxylic acids is 1. The fourth-order valence-corrected chi connectivity index (χ4v) is 2.23. The van der Waals surface area contributed by atoms with E-state index >= 15 is 0 Å². The molecule has 2 heterocycles. The highest BCUT2D eigenvalue weighted by molar-refractivity contribution is 5.96. The van der Waals surface area contributed by atoms with Crippen molar-refractivity contribution in [3.8, 4) is 0 Å². The highest BCUT2D eigenvalue weighted by Crippen LogP contribution is 2.20. The number of hydrogen-bond acceptors (Lipinski definition) is 5. The Balaban J connectivity index is 2.09. The zero-order valence-electron chi connectivity index (χ0n) is 13.4. The van der Waals surface area contributed by atoms with Crippen LogP contribution in [0.4, 0.5) is 5.69 Å². The lowest BCUT2D eigenvalue weighted by Crippen LogP contribution is -2.36. The van der Waals surface area contributed by atoms with Crippen LogP contribution >= 0.6 is 0 Å². The summed E-state index contributed by atoms with van der Waals surface area (Å²) in [5.41, 5.74) is -0.383. The molecule has 0 aliphatic heterocycles. The minimum absolute atomic E-state index is 0.0982. The van der Waals surface area contributed by atoms with Crippen molar-refractivity contribution in [2.24, 2.45) is 0 Å². The summed E-state index contributed by atoms with van der Waals surface area (Å²) in [7, 11) is 1.63. The molecule has 0 aliphatic carbocycles. The van der Waals surface area contributed by atoms with Gasteiger partial charge in [0.25, 0.3) is 5.91 Å². The smallest absolute Gasteiger partial charge is 0.320 e. The van der Waals surface area contributed by atoms with Crippen LogP contribution in [0.2, 0.25) is 0 Å². The number of amides is 1. The van der Waals surface area contributed by atoms with Crippen molar-refractivity contribution in [1.29, 1.82) is 0 Å². The van der Waals surface area contributed by atoms with E-state index in [1.165, 1.54) is 15.8 Å². The quantitative estimate of drug-likeness (QED) is 0.577. The van der Waals surface area contributed by atoms with E-state index in [-0.39, 0.29) is 17.4 Å². The third-order valence-electron chi connectivity index (χ3n) is 3.84. The summed E-state index contributed by atoms with van der Waals surface area (Å²) < 4.78 is 6.66. The fourth-order valence-electron chi connectivity index (χ4n) is 2.23. The molecule has 2 aromatic heterocycles. The molecule has 1 unspecified atom stereocenters. The summed E-state index contributed by atoms with van der Waals surface area (Å²) in [6, 6.07) is 3.59. The summed E-state index contributed by atoms with van der Waals surface area (Å²) >= 11 is 0. The Labute approximate surface area is 133 Å². The Morgan fingerprint density at radius 1 is 1.57 bits per heavy atom. The van der Waals surface area contributed by atoms with Crippen LogP contribution < -0.4 is 0 Å². The Hall–Kier alpha value is -2.64. The van der Waals surface area contributed by atoms with Crippen LogP contribution in [0.5, 0.6) is 0 Å². The lowest BCUT2D eigenvalue weighted by Gasteiger charge is -2.23. The van der Waals surface area contributed by atoms with Gasteiger partial charge in [-0.3, -0.25) is 19.6 Å². The van der Waals surface area contributed by atoms with Crippen LogP contribution in [-0.2, 0) is 13.0 Å². The van der Waals surface area contributed by atoms with E-state index in [4.69, 9.17) is 4.42 Å². The monoisotopic (exact) mass is 320 g/mol. The van der Waals surface area contributed by atoms with Gasteiger partial charge in [-0.05, 0) is 32.4 Å². The first-order valence-corrected chi connectivity index (χ1v) is 7.45. The molecule has 23 heavy (non-hydrogen) atoms. The van der Waals surface area contributed by atoms with Crippen molar-refractivity contribution in [2.75, 3.05) is 7.05 Å². The molecule has 0 aliphatic rings. The van der Waals surface area contributed by atoms with Crippen LogP contribution in [0.1, 0.15) is 36.5 Å². The summed E-state index contributed by atoms with van der Waals surface area (Å²) in [6.45, 7) is 4.16. The number of aryl methyl sites for hydroxylation is 2. The summed E-state index contributed by atoms with van der Waals surface area (Å²) in [4.78, 5) is 24.5. The number of furan rings is 1. The van der Waals surface area contributed by atoms with Gasteiger partial charge in [0.05, 0.1) is 11.2 Å². The van der Waals surface area contributed by atoms with Crippen LogP contribution in [0, 0.1) is 10.1 Å². The molecule has 0 N–H and O–H groups in total. The Morgan fingerprint density at radius 3 is 2.87 bits per heavy atom. The van der Waals surface area contributed by atoms with Crippen molar-refractivity contribution in [1.82, 2.24) is 14.7 Å². The molecule has 8 nitrogen and oxygen atoms in total. The second-order valence-electron chi connectivity index (χ2n) is 5.36.